The molecule has 2 N–H and O–H groups in total. The van der Waals surface area contributed by atoms with Crippen LogP contribution >= 0.6 is 11.8 Å². The Morgan fingerprint density at radius 1 is 1.09 bits per heavy atom. The fourth-order valence-electron chi connectivity index (χ4n) is 2.14. The minimum absolute atomic E-state index is 0.101. The predicted octanol–water partition coefficient (Wildman–Crippen LogP) is 4.06. The second kappa shape index (κ2) is 6.71. The van der Waals surface area contributed by atoms with E-state index in [9.17, 15) is 9.90 Å². The molecular formula is C18H16N2O2S. The number of carbonyl (C=O) groups is 1. The topological polar surface area (TPSA) is 62.2 Å². The molecule has 3 rings (SSSR count). The van der Waals surface area contributed by atoms with Crippen LogP contribution in [-0.2, 0) is 4.79 Å². The Morgan fingerprint density at radius 2 is 1.83 bits per heavy atom. The van der Waals surface area contributed by atoms with Crippen LogP contribution in [0.25, 0.3) is 10.9 Å². The molecule has 0 saturated carbocycles. The van der Waals surface area contributed by atoms with E-state index in [1.807, 2.05) is 43.3 Å². The summed E-state index contributed by atoms with van der Waals surface area (Å²) in [7, 11) is 0. The summed E-state index contributed by atoms with van der Waals surface area (Å²) in [6.45, 7) is 1.84. The molecule has 0 spiro atoms. The number of fused-ring (bicyclic) bond motifs is 1. The first-order chi connectivity index (χ1) is 11.1. The Morgan fingerprint density at radius 3 is 2.61 bits per heavy atom. The van der Waals surface area contributed by atoms with Crippen molar-refractivity contribution in [1.82, 2.24) is 4.98 Å². The average molecular weight is 324 g/mol. The van der Waals surface area contributed by atoms with Gasteiger partial charge in [0.15, 0.2) is 0 Å². The van der Waals surface area contributed by atoms with Crippen molar-refractivity contribution in [3.8, 4) is 5.75 Å². The lowest BCUT2D eigenvalue weighted by molar-refractivity contribution is -0.115. The number of aromatic nitrogens is 1. The summed E-state index contributed by atoms with van der Waals surface area (Å²) in [5.41, 5.74) is 1.58. The molecule has 1 atom stereocenters. The number of phenols is 1. The zero-order valence-electron chi connectivity index (χ0n) is 12.6. The lowest BCUT2D eigenvalue weighted by Crippen LogP contribution is -2.22. The lowest BCUT2D eigenvalue weighted by atomic mass is 10.2. The summed E-state index contributed by atoms with van der Waals surface area (Å²) in [5, 5.41) is 13.7. The summed E-state index contributed by atoms with van der Waals surface area (Å²) in [4.78, 5) is 16.8. The molecule has 0 bridgehead atoms. The highest BCUT2D eigenvalue weighted by Crippen LogP contribution is 2.25. The molecule has 0 aliphatic rings. The van der Waals surface area contributed by atoms with E-state index in [1.54, 1.807) is 12.1 Å². The highest BCUT2D eigenvalue weighted by molar-refractivity contribution is 8.00. The number of rotatable bonds is 4. The summed E-state index contributed by atoms with van der Waals surface area (Å²) in [6, 6.07) is 18.2. The van der Waals surface area contributed by atoms with Gasteiger partial charge in [0.05, 0.1) is 15.8 Å². The van der Waals surface area contributed by atoms with Crippen molar-refractivity contribution in [2.24, 2.45) is 0 Å². The number of para-hydroxylation sites is 1. The monoisotopic (exact) mass is 324 g/mol. The van der Waals surface area contributed by atoms with Gasteiger partial charge >= 0.3 is 0 Å². The minimum atomic E-state index is -0.280. The first-order valence-electron chi connectivity index (χ1n) is 7.24. The van der Waals surface area contributed by atoms with Crippen LogP contribution in [0.2, 0.25) is 0 Å². The number of aromatic hydroxyl groups is 1. The molecular weight excluding hydrogens is 308 g/mol. The Balaban J connectivity index is 1.68. The number of phenolic OH excluding ortho intramolecular Hbond substituents is 1. The van der Waals surface area contributed by atoms with E-state index in [-0.39, 0.29) is 16.9 Å². The molecule has 0 radical (unpaired) electrons. The van der Waals surface area contributed by atoms with Gasteiger partial charge in [0.25, 0.3) is 0 Å². The standard InChI is InChI=1S/C18H16N2O2S/c1-12(18(22)19-14-7-9-15(21)10-8-14)23-17-11-6-13-4-2-3-5-16(13)20-17/h2-12,21H,1H3,(H,19,22). The highest BCUT2D eigenvalue weighted by atomic mass is 32.2. The van der Waals surface area contributed by atoms with E-state index in [4.69, 9.17) is 0 Å². The summed E-state index contributed by atoms with van der Waals surface area (Å²) < 4.78 is 0. The molecule has 1 aromatic heterocycles. The third-order valence-electron chi connectivity index (χ3n) is 3.37. The minimum Gasteiger partial charge on any atom is -0.508 e. The molecule has 1 heterocycles. The number of carbonyl (C=O) groups excluding carboxylic acids is 1. The van der Waals surface area contributed by atoms with Gasteiger partial charge in [-0.3, -0.25) is 4.79 Å². The number of nitrogens with one attached hydrogen (secondary N) is 1. The molecule has 1 unspecified atom stereocenters. The highest BCUT2D eigenvalue weighted by Gasteiger charge is 2.15. The van der Waals surface area contributed by atoms with Crippen molar-refractivity contribution >= 4 is 34.3 Å². The number of nitrogens with zero attached hydrogens (tertiary/aromatic N) is 1. The average Bonchev–Trinajstić information content (AvgIpc) is 2.56. The van der Waals surface area contributed by atoms with Crippen molar-refractivity contribution in [2.45, 2.75) is 17.2 Å². The number of anilines is 1. The Labute approximate surface area is 138 Å². The second-order valence-corrected chi connectivity index (χ2v) is 6.50. The maximum absolute atomic E-state index is 12.2. The molecule has 0 aliphatic carbocycles. The molecule has 5 heteroatoms. The van der Waals surface area contributed by atoms with Crippen molar-refractivity contribution in [3.05, 3.63) is 60.7 Å². The normalized spacial score (nSPS) is 12.0. The van der Waals surface area contributed by atoms with Crippen LogP contribution in [0.15, 0.2) is 65.7 Å². The third kappa shape index (κ3) is 3.81. The van der Waals surface area contributed by atoms with Gasteiger partial charge in [-0.2, -0.15) is 0 Å². The maximum Gasteiger partial charge on any atom is 0.237 e. The zero-order chi connectivity index (χ0) is 16.2. The van der Waals surface area contributed by atoms with Crippen LogP contribution in [0, 0.1) is 0 Å². The molecule has 0 fully saturated rings. The van der Waals surface area contributed by atoms with Gasteiger partial charge in [0, 0.05) is 11.1 Å². The number of benzene rings is 2. The zero-order valence-corrected chi connectivity index (χ0v) is 13.4. The maximum atomic E-state index is 12.2. The number of thioether (sulfide) groups is 1. The van der Waals surface area contributed by atoms with Crippen LogP contribution in [0.3, 0.4) is 0 Å². The van der Waals surface area contributed by atoms with E-state index in [1.165, 1.54) is 23.9 Å². The summed E-state index contributed by atoms with van der Waals surface area (Å²) >= 11 is 1.42. The van der Waals surface area contributed by atoms with E-state index in [0.717, 1.165) is 15.9 Å². The first kappa shape index (κ1) is 15.4. The SMILES string of the molecule is CC(Sc1ccc2ccccc2n1)C(=O)Nc1ccc(O)cc1. The van der Waals surface area contributed by atoms with E-state index in [2.05, 4.69) is 10.3 Å². The van der Waals surface area contributed by atoms with Gasteiger partial charge in [0.2, 0.25) is 5.91 Å². The largest absolute Gasteiger partial charge is 0.508 e. The van der Waals surface area contributed by atoms with Crippen LogP contribution in [0.4, 0.5) is 5.69 Å². The summed E-state index contributed by atoms with van der Waals surface area (Å²) in [5.74, 6) is 0.0708. The second-order valence-electron chi connectivity index (χ2n) is 5.14. The van der Waals surface area contributed by atoms with Crippen LogP contribution in [0.1, 0.15) is 6.92 Å². The van der Waals surface area contributed by atoms with Crippen LogP contribution in [-0.4, -0.2) is 21.2 Å². The predicted molar refractivity (Wildman–Crippen MR) is 93.8 cm³/mol. The van der Waals surface area contributed by atoms with Crippen molar-refractivity contribution in [2.75, 3.05) is 5.32 Å². The Hall–Kier alpha value is -2.53. The van der Waals surface area contributed by atoms with E-state index < -0.39 is 0 Å². The van der Waals surface area contributed by atoms with Crippen LogP contribution in [0.5, 0.6) is 5.75 Å². The quantitative estimate of drug-likeness (QED) is 0.561. The van der Waals surface area contributed by atoms with Crippen LogP contribution < -0.4 is 5.32 Å². The molecule has 2 aromatic carbocycles. The third-order valence-corrected chi connectivity index (χ3v) is 4.41. The smallest absolute Gasteiger partial charge is 0.237 e. The summed E-state index contributed by atoms with van der Waals surface area (Å²) in [6.07, 6.45) is 0. The number of pyridine rings is 1. The fraction of sp³-hybridized carbons (Fsp3) is 0.111. The number of hydrogen-bond acceptors (Lipinski definition) is 4. The molecule has 1 amide bonds. The van der Waals surface area contributed by atoms with Crippen molar-refractivity contribution in [1.29, 1.82) is 0 Å². The number of amides is 1. The Kier molecular flexibility index (Phi) is 4.48. The molecule has 4 nitrogen and oxygen atoms in total. The van der Waals surface area contributed by atoms with Gasteiger partial charge < -0.3 is 10.4 Å². The van der Waals surface area contributed by atoms with Gasteiger partial charge in [-0.05, 0) is 43.3 Å². The molecule has 0 aliphatic heterocycles. The molecule has 0 saturated heterocycles. The van der Waals surface area contributed by atoms with E-state index >= 15 is 0 Å². The van der Waals surface area contributed by atoms with Gasteiger partial charge in [-0.25, -0.2) is 4.98 Å². The fourth-order valence-corrected chi connectivity index (χ4v) is 2.96. The lowest BCUT2D eigenvalue weighted by Gasteiger charge is -2.12. The van der Waals surface area contributed by atoms with Gasteiger partial charge in [-0.15, -0.1) is 0 Å². The first-order valence-corrected chi connectivity index (χ1v) is 8.12. The van der Waals surface area contributed by atoms with Crippen molar-refractivity contribution < 1.29 is 9.90 Å². The Bertz CT molecular complexity index is 834. The molecule has 116 valence electrons. The molecule has 23 heavy (non-hydrogen) atoms. The van der Waals surface area contributed by atoms with Gasteiger partial charge in [-0.1, -0.05) is 36.0 Å². The number of hydrogen-bond donors (Lipinski definition) is 2. The van der Waals surface area contributed by atoms with E-state index in [0.29, 0.717) is 5.69 Å². The van der Waals surface area contributed by atoms with Gasteiger partial charge in [0.1, 0.15) is 5.75 Å². The molecule has 3 aromatic rings. The van der Waals surface area contributed by atoms with Crippen molar-refractivity contribution in [3.63, 3.8) is 0 Å².